The molecule has 0 aliphatic carbocycles. The lowest BCUT2D eigenvalue weighted by Crippen LogP contribution is -2.49. The van der Waals surface area contributed by atoms with Crippen LogP contribution in [0.4, 0.5) is 0 Å². The maximum Gasteiger partial charge on any atom is 0.237 e. The first-order chi connectivity index (χ1) is 11.8. The van der Waals surface area contributed by atoms with Gasteiger partial charge in [-0.1, -0.05) is 42.8 Å². The van der Waals surface area contributed by atoms with Crippen LogP contribution in [0.15, 0.2) is 54.9 Å². The predicted molar refractivity (Wildman–Crippen MR) is 95.4 cm³/mol. The molecule has 4 nitrogen and oxygen atoms in total. The van der Waals surface area contributed by atoms with Crippen LogP contribution in [-0.4, -0.2) is 34.9 Å². The van der Waals surface area contributed by atoms with E-state index < -0.39 is 0 Å². The molecule has 1 aromatic heterocycles. The third-order valence-electron chi connectivity index (χ3n) is 4.58. The average molecular weight is 323 g/mol. The molecule has 1 amide bonds. The summed E-state index contributed by atoms with van der Waals surface area (Å²) < 4.78 is 0. The first kappa shape index (κ1) is 16.7. The lowest BCUT2D eigenvalue weighted by atomic mass is 10.00. The third-order valence-corrected chi connectivity index (χ3v) is 4.58. The molecule has 0 spiro atoms. The van der Waals surface area contributed by atoms with Gasteiger partial charge in [0.05, 0.1) is 6.04 Å². The summed E-state index contributed by atoms with van der Waals surface area (Å²) in [5.41, 5.74) is 2.43. The van der Waals surface area contributed by atoms with Gasteiger partial charge >= 0.3 is 0 Å². The number of benzene rings is 1. The van der Waals surface area contributed by atoms with Crippen molar-refractivity contribution in [2.24, 2.45) is 0 Å². The number of amides is 1. The van der Waals surface area contributed by atoms with Gasteiger partial charge in [-0.3, -0.25) is 14.7 Å². The fraction of sp³-hybridized carbons (Fsp3) is 0.400. The summed E-state index contributed by atoms with van der Waals surface area (Å²) in [6.07, 6.45) is 7.70. The number of piperidine rings is 1. The van der Waals surface area contributed by atoms with Gasteiger partial charge < -0.3 is 5.32 Å². The summed E-state index contributed by atoms with van der Waals surface area (Å²) in [5.74, 6) is 0.162. The maximum absolute atomic E-state index is 12.6. The molecule has 0 radical (unpaired) electrons. The van der Waals surface area contributed by atoms with E-state index in [2.05, 4.69) is 39.5 Å². The van der Waals surface area contributed by atoms with Gasteiger partial charge in [-0.2, -0.15) is 0 Å². The summed E-state index contributed by atoms with van der Waals surface area (Å²) in [6.45, 7) is 2.51. The summed E-state index contributed by atoms with van der Waals surface area (Å²) in [4.78, 5) is 19.0. The molecule has 1 aromatic carbocycles. The van der Waals surface area contributed by atoms with Crippen molar-refractivity contribution in [1.29, 1.82) is 0 Å². The smallest absolute Gasteiger partial charge is 0.237 e. The molecule has 1 aliphatic heterocycles. The summed E-state index contributed by atoms with van der Waals surface area (Å²) in [5, 5.41) is 3.11. The van der Waals surface area contributed by atoms with Gasteiger partial charge in [0, 0.05) is 25.5 Å². The Kier molecular flexibility index (Phi) is 5.96. The zero-order valence-corrected chi connectivity index (χ0v) is 14.0. The van der Waals surface area contributed by atoms with Crippen LogP contribution in [0.2, 0.25) is 0 Å². The Hall–Kier alpha value is -2.20. The second-order valence-electron chi connectivity index (χ2n) is 6.37. The Labute approximate surface area is 143 Å². The van der Waals surface area contributed by atoms with Crippen molar-refractivity contribution in [1.82, 2.24) is 15.2 Å². The molecule has 0 saturated carbocycles. The minimum Gasteiger partial charge on any atom is -0.354 e. The molecule has 2 aromatic rings. The fourth-order valence-electron chi connectivity index (χ4n) is 3.29. The van der Waals surface area contributed by atoms with Gasteiger partial charge in [0.2, 0.25) is 5.91 Å². The Morgan fingerprint density at radius 2 is 1.96 bits per heavy atom. The van der Waals surface area contributed by atoms with E-state index in [0.717, 1.165) is 37.9 Å². The molecular formula is C20H25N3O. The van der Waals surface area contributed by atoms with Crippen molar-refractivity contribution in [3.05, 3.63) is 66.0 Å². The highest BCUT2D eigenvalue weighted by Crippen LogP contribution is 2.19. The van der Waals surface area contributed by atoms with Crippen LogP contribution in [0, 0.1) is 0 Å². The van der Waals surface area contributed by atoms with Crippen LogP contribution in [0.1, 0.15) is 30.4 Å². The highest BCUT2D eigenvalue weighted by molar-refractivity contribution is 5.81. The van der Waals surface area contributed by atoms with E-state index in [1.165, 1.54) is 12.0 Å². The second-order valence-corrected chi connectivity index (χ2v) is 6.37. The van der Waals surface area contributed by atoms with Crippen molar-refractivity contribution in [2.75, 3.05) is 13.1 Å². The molecule has 1 fully saturated rings. The summed E-state index contributed by atoms with van der Waals surface area (Å²) in [7, 11) is 0. The first-order valence-electron chi connectivity index (χ1n) is 8.77. The van der Waals surface area contributed by atoms with Crippen LogP contribution in [0.25, 0.3) is 0 Å². The molecule has 2 heterocycles. The molecule has 1 unspecified atom stereocenters. The van der Waals surface area contributed by atoms with Crippen molar-refractivity contribution < 1.29 is 4.79 Å². The number of nitrogens with one attached hydrogen (secondary N) is 1. The van der Waals surface area contributed by atoms with Gasteiger partial charge in [-0.25, -0.2) is 0 Å². The average Bonchev–Trinajstić information content (AvgIpc) is 2.64. The molecule has 24 heavy (non-hydrogen) atoms. The van der Waals surface area contributed by atoms with Gasteiger partial charge in [-0.05, 0) is 43.0 Å². The number of likely N-dealkylation sites (tertiary alicyclic amines) is 1. The van der Waals surface area contributed by atoms with Crippen molar-refractivity contribution in [3.63, 3.8) is 0 Å². The van der Waals surface area contributed by atoms with Gasteiger partial charge in [0.1, 0.15) is 0 Å². The Balaban J connectivity index is 1.53. The zero-order chi connectivity index (χ0) is 16.6. The lowest BCUT2D eigenvalue weighted by molar-refractivity contribution is -0.127. The molecule has 1 aliphatic rings. The largest absolute Gasteiger partial charge is 0.354 e. The van der Waals surface area contributed by atoms with Crippen molar-refractivity contribution >= 4 is 5.91 Å². The lowest BCUT2D eigenvalue weighted by Gasteiger charge is -2.34. The number of aromatic nitrogens is 1. The number of pyridine rings is 1. The van der Waals surface area contributed by atoms with Crippen molar-refractivity contribution in [3.8, 4) is 0 Å². The van der Waals surface area contributed by atoms with E-state index in [4.69, 9.17) is 0 Å². The van der Waals surface area contributed by atoms with E-state index >= 15 is 0 Å². The number of carbonyl (C=O) groups is 1. The second kappa shape index (κ2) is 8.60. The van der Waals surface area contributed by atoms with Gasteiger partial charge in [-0.15, -0.1) is 0 Å². The fourth-order valence-corrected chi connectivity index (χ4v) is 3.29. The number of rotatable bonds is 6. The van der Waals surface area contributed by atoms with E-state index in [0.29, 0.717) is 6.54 Å². The predicted octanol–water partition coefficient (Wildman–Crippen LogP) is 2.80. The van der Waals surface area contributed by atoms with E-state index in [9.17, 15) is 4.79 Å². The highest BCUT2D eigenvalue weighted by Gasteiger charge is 2.28. The molecule has 126 valence electrons. The molecular weight excluding hydrogens is 298 g/mol. The number of hydrogen-bond donors (Lipinski definition) is 1. The third kappa shape index (κ3) is 4.65. The molecule has 0 bridgehead atoms. The number of nitrogens with zero attached hydrogens (tertiary/aromatic N) is 2. The van der Waals surface area contributed by atoms with Crippen LogP contribution in [0.5, 0.6) is 0 Å². The minimum absolute atomic E-state index is 0.00662. The number of hydrogen-bond acceptors (Lipinski definition) is 3. The highest BCUT2D eigenvalue weighted by atomic mass is 16.2. The van der Waals surface area contributed by atoms with Crippen LogP contribution >= 0.6 is 0 Å². The summed E-state index contributed by atoms with van der Waals surface area (Å²) >= 11 is 0. The van der Waals surface area contributed by atoms with Crippen molar-refractivity contribution in [2.45, 2.75) is 38.3 Å². The summed E-state index contributed by atoms with van der Waals surface area (Å²) in [6, 6.07) is 14.4. The monoisotopic (exact) mass is 323 g/mol. The SMILES string of the molecule is O=C(NCCc1cccnc1)C1CCCCN1Cc1ccccc1. The standard InChI is InChI=1S/C20H25N3O/c24-20(22-13-11-17-9-6-12-21-15-17)19-10-4-5-14-23(19)16-18-7-2-1-3-8-18/h1-3,6-9,12,15,19H,4-5,10-11,13-14,16H2,(H,22,24). The Morgan fingerprint density at radius 3 is 2.75 bits per heavy atom. The van der Waals surface area contributed by atoms with Gasteiger partial charge in [0.25, 0.3) is 0 Å². The zero-order valence-electron chi connectivity index (χ0n) is 14.0. The normalized spacial score (nSPS) is 18.2. The topological polar surface area (TPSA) is 45.2 Å². The molecule has 3 rings (SSSR count). The van der Waals surface area contributed by atoms with E-state index in [1.54, 1.807) is 6.20 Å². The molecule has 1 N–H and O–H groups in total. The quantitative estimate of drug-likeness (QED) is 0.889. The molecule has 1 atom stereocenters. The van der Waals surface area contributed by atoms with Crippen LogP contribution < -0.4 is 5.32 Å². The van der Waals surface area contributed by atoms with Crippen LogP contribution in [-0.2, 0) is 17.8 Å². The minimum atomic E-state index is -0.00662. The Bertz CT molecular complexity index is 630. The molecule has 1 saturated heterocycles. The molecule has 4 heteroatoms. The Morgan fingerprint density at radius 1 is 1.12 bits per heavy atom. The maximum atomic E-state index is 12.6. The van der Waals surface area contributed by atoms with E-state index in [-0.39, 0.29) is 11.9 Å². The first-order valence-corrected chi connectivity index (χ1v) is 8.77. The van der Waals surface area contributed by atoms with Crippen LogP contribution in [0.3, 0.4) is 0 Å². The van der Waals surface area contributed by atoms with Gasteiger partial charge in [0.15, 0.2) is 0 Å². The number of carbonyl (C=O) groups excluding carboxylic acids is 1. The van der Waals surface area contributed by atoms with E-state index in [1.807, 2.05) is 24.4 Å².